The normalized spacial score (nSPS) is 30.4. The molecule has 2 bridgehead atoms. The Hall–Kier alpha value is -2.10. The fraction of sp³-hybridized carbons (Fsp3) is 0.375. The van der Waals surface area contributed by atoms with E-state index in [9.17, 15) is 14.7 Å². The molecule has 0 aliphatic heterocycles. The second-order valence-corrected chi connectivity index (χ2v) is 5.67. The number of hydrogen-bond donors (Lipinski definition) is 1. The monoisotopic (exact) mass is 270 g/mol. The predicted molar refractivity (Wildman–Crippen MR) is 72.5 cm³/mol. The van der Waals surface area contributed by atoms with Gasteiger partial charge in [-0.15, -0.1) is 0 Å². The largest absolute Gasteiger partial charge is 0.550 e. The first-order valence-corrected chi connectivity index (χ1v) is 6.83. The lowest BCUT2D eigenvalue weighted by molar-refractivity contribution is -0.313. The second-order valence-electron chi connectivity index (χ2n) is 5.67. The van der Waals surface area contributed by atoms with E-state index in [4.69, 9.17) is 0 Å². The Morgan fingerprint density at radius 1 is 1.10 bits per heavy atom. The highest BCUT2D eigenvalue weighted by Crippen LogP contribution is 2.48. The van der Waals surface area contributed by atoms with Gasteiger partial charge in [0.1, 0.15) is 0 Å². The number of rotatable bonds is 3. The van der Waals surface area contributed by atoms with Crippen LogP contribution < -0.4 is 10.4 Å². The van der Waals surface area contributed by atoms with Crippen LogP contribution in [-0.2, 0) is 9.59 Å². The second kappa shape index (κ2) is 4.78. The van der Waals surface area contributed by atoms with Crippen molar-refractivity contribution >= 4 is 17.6 Å². The summed E-state index contributed by atoms with van der Waals surface area (Å²) >= 11 is 0. The molecular weight excluding hydrogens is 254 g/mol. The molecular formula is C16H16NO3-. The highest BCUT2D eigenvalue weighted by molar-refractivity contribution is 5.96. The Balaban J connectivity index is 1.78. The summed E-state index contributed by atoms with van der Waals surface area (Å²) in [5.74, 6) is -2.59. The summed E-state index contributed by atoms with van der Waals surface area (Å²) in [6, 6.07) is 7.47. The van der Waals surface area contributed by atoms with Crippen molar-refractivity contribution in [2.45, 2.75) is 13.3 Å². The van der Waals surface area contributed by atoms with Gasteiger partial charge in [-0.05, 0) is 37.3 Å². The minimum absolute atomic E-state index is 0.0216. The van der Waals surface area contributed by atoms with E-state index in [1.54, 1.807) is 0 Å². The Morgan fingerprint density at radius 2 is 1.70 bits per heavy atom. The first-order chi connectivity index (χ1) is 9.56. The number of carboxylic acid groups (broad SMARTS) is 1. The van der Waals surface area contributed by atoms with E-state index in [0.717, 1.165) is 12.0 Å². The third-order valence-electron chi connectivity index (χ3n) is 4.35. The van der Waals surface area contributed by atoms with Crippen LogP contribution in [0.5, 0.6) is 0 Å². The Labute approximate surface area is 117 Å². The van der Waals surface area contributed by atoms with Crippen LogP contribution in [-0.4, -0.2) is 11.9 Å². The molecule has 2 aliphatic rings. The number of carbonyl (C=O) groups is 2. The molecule has 104 valence electrons. The molecule has 0 radical (unpaired) electrons. The highest BCUT2D eigenvalue weighted by atomic mass is 16.4. The SMILES string of the molecule is Cc1ccc(NC(=O)[C@H]2[C@@H](C(=O)[O-])[C@H]3C=C[C@@H]2C3)cc1. The summed E-state index contributed by atoms with van der Waals surface area (Å²) in [5, 5.41) is 14.1. The van der Waals surface area contributed by atoms with E-state index in [1.165, 1.54) is 0 Å². The van der Waals surface area contributed by atoms with E-state index in [2.05, 4.69) is 5.32 Å². The molecule has 3 rings (SSSR count). The van der Waals surface area contributed by atoms with Gasteiger partial charge < -0.3 is 15.2 Å². The van der Waals surface area contributed by atoms with E-state index >= 15 is 0 Å². The number of amides is 1. The lowest BCUT2D eigenvalue weighted by atomic mass is 9.82. The molecule has 1 N–H and O–H groups in total. The molecule has 0 aromatic heterocycles. The number of fused-ring (bicyclic) bond motifs is 2. The van der Waals surface area contributed by atoms with Gasteiger partial charge in [-0.3, -0.25) is 4.79 Å². The topological polar surface area (TPSA) is 69.2 Å². The van der Waals surface area contributed by atoms with Crippen LogP contribution in [0.3, 0.4) is 0 Å². The summed E-state index contributed by atoms with van der Waals surface area (Å²) in [6.07, 6.45) is 4.61. The van der Waals surface area contributed by atoms with E-state index in [-0.39, 0.29) is 17.7 Å². The Bertz CT molecular complexity index is 576. The number of aliphatic carboxylic acids is 1. The van der Waals surface area contributed by atoms with Gasteiger partial charge in [-0.1, -0.05) is 29.8 Å². The van der Waals surface area contributed by atoms with Crippen LogP contribution in [0.15, 0.2) is 36.4 Å². The average molecular weight is 270 g/mol. The molecule has 1 saturated carbocycles. The lowest BCUT2D eigenvalue weighted by Crippen LogP contribution is -2.42. The molecule has 0 unspecified atom stereocenters. The van der Waals surface area contributed by atoms with Crippen molar-refractivity contribution in [3.05, 3.63) is 42.0 Å². The molecule has 4 heteroatoms. The number of carbonyl (C=O) groups excluding carboxylic acids is 2. The number of nitrogens with one attached hydrogen (secondary N) is 1. The van der Waals surface area contributed by atoms with Crippen molar-refractivity contribution in [2.75, 3.05) is 5.32 Å². The van der Waals surface area contributed by atoms with Gasteiger partial charge in [0.25, 0.3) is 0 Å². The van der Waals surface area contributed by atoms with Crippen molar-refractivity contribution in [1.29, 1.82) is 0 Å². The number of carboxylic acids is 1. The quantitative estimate of drug-likeness (QED) is 0.837. The summed E-state index contributed by atoms with van der Waals surface area (Å²) in [4.78, 5) is 23.6. The van der Waals surface area contributed by atoms with E-state index in [1.807, 2.05) is 43.3 Å². The minimum Gasteiger partial charge on any atom is -0.550 e. The maximum Gasteiger partial charge on any atom is 0.228 e. The molecule has 1 amide bonds. The van der Waals surface area contributed by atoms with E-state index < -0.39 is 17.8 Å². The van der Waals surface area contributed by atoms with Gasteiger partial charge in [0.05, 0.1) is 5.92 Å². The van der Waals surface area contributed by atoms with E-state index in [0.29, 0.717) is 5.69 Å². The first-order valence-electron chi connectivity index (χ1n) is 6.83. The third-order valence-corrected chi connectivity index (χ3v) is 4.35. The zero-order valence-electron chi connectivity index (χ0n) is 11.2. The van der Waals surface area contributed by atoms with Gasteiger partial charge in [0.2, 0.25) is 5.91 Å². The van der Waals surface area contributed by atoms with Crippen LogP contribution in [0.4, 0.5) is 5.69 Å². The fourth-order valence-corrected chi connectivity index (χ4v) is 3.36. The zero-order valence-corrected chi connectivity index (χ0v) is 11.2. The van der Waals surface area contributed by atoms with Gasteiger partial charge in [-0.2, -0.15) is 0 Å². The van der Waals surface area contributed by atoms with Gasteiger partial charge in [0.15, 0.2) is 0 Å². The minimum atomic E-state index is -1.12. The molecule has 2 aliphatic carbocycles. The standard InChI is InChI=1S/C16H17NO3/c1-9-2-6-12(7-3-9)17-15(18)13-10-4-5-11(8-10)14(13)16(19)20/h2-7,10-11,13-14H,8H2,1H3,(H,17,18)(H,19,20)/p-1/t10-,11+,13-,14+/m1/s1. The number of aryl methyl sites for hydroxylation is 1. The summed E-state index contributed by atoms with van der Waals surface area (Å²) < 4.78 is 0. The average Bonchev–Trinajstić information content (AvgIpc) is 3.01. The molecule has 1 fully saturated rings. The van der Waals surface area contributed by atoms with Crippen LogP contribution >= 0.6 is 0 Å². The zero-order chi connectivity index (χ0) is 14.3. The van der Waals surface area contributed by atoms with Crippen molar-refractivity contribution in [3.8, 4) is 0 Å². The first kappa shape index (κ1) is 12.9. The predicted octanol–water partition coefficient (Wildman–Crippen LogP) is 1.12. The number of benzene rings is 1. The van der Waals surface area contributed by atoms with Gasteiger partial charge in [0, 0.05) is 17.6 Å². The van der Waals surface area contributed by atoms with Crippen LogP contribution in [0.25, 0.3) is 0 Å². The Kier molecular flexibility index (Phi) is 3.08. The Morgan fingerprint density at radius 3 is 2.30 bits per heavy atom. The van der Waals surface area contributed by atoms with Gasteiger partial charge in [-0.25, -0.2) is 0 Å². The summed E-state index contributed by atoms with van der Waals surface area (Å²) in [5.41, 5.74) is 1.81. The highest BCUT2D eigenvalue weighted by Gasteiger charge is 2.48. The maximum absolute atomic E-state index is 12.4. The number of allylic oxidation sites excluding steroid dienone is 2. The molecule has 4 nitrogen and oxygen atoms in total. The maximum atomic E-state index is 12.4. The van der Waals surface area contributed by atoms with Crippen molar-refractivity contribution < 1.29 is 14.7 Å². The summed E-state index contributed by atoms with van der Waals surface area (Å²) in [6.45, 7) is 1.97. The molecule has 1 aromatic carbocycles. The van der Waals surface area contributed by atoms with Crippen molar-refractivity contribution in [1.82, 2.24) is 0 Å². The summed E-state index contributed by atoms with van der Waals surface area (Å²) in [7, 11) is 0. The van der Waals surface area contributed by atoms with Crippen LogP contribution in [0.2, 0.25) is 0 Å². The smallest absolute Gasteiger partial charge is 0.228 e. The fourth-order valence-electron chi connectivity index (χ4n) is 3.36. The molecule has 0 heterocycles. The molecule has 1 aromatic rings. The van der Waals surface area contributed by atoms with Crippen molar-refractivity contribution in [3.63, 3.8) is 0 Å². The van der Waals surface area contributed by atoms with Crippen LogP contribution in [0, 0.1) is 30.6 Å². The van der Waals surface area contributed by atoms with Gasteiger partial charge >= 0.3 is 0 Å². The number of hydrogen-bond acceptors (Lipinski definition) is 3. The van der Waals surface area contributed by atoms with Crippen LogP contribution in [0.1, 0.15) is 12.0 Å². The number of anilines is 1. The molecule has 4 atom stereocenters. The molecule has 0 saturated heterocycles. The third kappa shape index (κ3) is 2.11. The van der Waals surface area contributed by atoms with Crippen molar-refractivity contribution in [2.24, 2.45) is 23.7 Å². The lowest BCUT2D eigenvalue weighted by Gasteiger charge is -2.27. The molecule has 0 spiro atoms. The molecule has 20 heavy (non-hydrogen) atoms.